The Morgan fingerprint density at radius 1 is 0.943 bits per heavy atom. The number of amides is 1. The fraction of sp³-hybridized carbons (Fsp3) is 0.200. The van der Waals surface area contributed by atoms with Gasteiger partial charge in [0, 0.05) is 22.8 Å². The van der Waals surface area contributed by atoms with E-state index in [1.165, 1.54) is 36.0 Å². The molecule has 0 fully saturated rings. The van der Waals surface area contributed by atoms with Gasteiger partial charge >= 0.3 is 12.1 Å². The van der Waals surface area contributed by atoms with E-state index in [9.17, 15) is 24.8 Å². The van der Waals surface area contributed by atoms with Crippen LogP contribution in [0.3, 0.4) is 0 Å². The molecular weight excluding hydrogens is 472 g/mol. The number of alkyl carbamates (subject to hydrolysis) is 1. The molecule has 35 heavy (non-hydrogen) atoms. The van der Waals surface area contributed by atoms with Crippen LogP contribution in [0.25, 0.3) is 0 Å². The Bertz CT molecular complexity index is 1110. The zero-order valence-corrected chi connectivity index (χ0v) is 19.4. The lowest BCUT2D eigenvalue weighted by atomic mass is 10.2. The van der Waals surface area contributed by atoms with Crippen LogP contribution in [0.2, 0.25) is 0 Å². The number of rotatable bonds is 11. The molecule has 0 aliphatic heterocycles. The fourth-order valence-electron chi connectivity index (χ4n) is 2.95. The summed E-state index contributed by atoms with van der Waals surface area (Å²) in [6.45, 7) is -0.328. The molecule has 0 saturated heterocycles. The zero-order valence-electron chi connectivity index (χ0n) is 18.6. The van der Waals surface area contributed by atoms with Crippen molar-refractivity contribution < 1.29 is 29.1 Å². The number of nitrogens with zero attached hydrogens (tertiary/aromatic N) is 1. The molecule has 0 unspecified atom stereocenters. The highest BCUT2D eigenvalue weighted by atomic mass is 32.2. The summed E-state index contributed by atoms with van der Waals surface area (Å²) >= 11 is 1.41. The highest BCUT2D eigenvalue weighted by Crippen LogP contribution is 2.19. The summed E-state index contributed by atoms with van der Waals surface area (Å²) < 4.78 is 10.4. The van der Waals surface area contributed by atoms with Gasteiger partial charge in [-0.1, -0.05) is 48.5 Å². The number of ether oxygens (including phenoxy) is 2. The van der Waals surface area contributed by atoms with Gasteiger partial charge in [0.25, 0.3) is 5.69 Å². The summed E-state index contributed by atoms with van der Waals surface area (Å²) in [5.41, 5.74) is 0.765. The van der Waals surface area contributed by atoms with Crippen molar-refractivity contribution in [2.24, 2.45) is 0 Å². The number of benzene rings is 3. The molecule has 2 N–H and O–H groups in total. The smallest absolute Gasteiger partial charge is 0.407 e. The van der Waals surface area contributed by atoms with Crippen LogP contribution in [0.1, 0.15) is 15.9 Å². The van der Waals surface area contributed by atoms with E-state index in [0.717, 1.165) is 10.5 Å². The van der Waals surface area contributed by atoms with Gasteiger partial charge in [-0.3, -0.25) is 10.1 Å². The van der Waals surface area contributed by atoms with Gasteiger partial charge in [-0.2, -0.15) is 0 Å². The molecule has 0 aliphatic rings. The number of hydrogen-bond donors (Lipinski definition) is 2. The van der Waals surface area contributed by atoms with E-state index in [1.807, 2.05) is 60.7 Å². The number of aliphatic hydroxyl groups excluding tert-OH is 1. The Morgan fingerprint density at radius 2 is 1.57 bits per heavy atom. The van der Waals surface area contributed by atoms with Crippen LogP contribution in [-0.4, -0.2) is 46.6 Å². The van der Waals surface area contributed by atoms with Gasteiger partial charge in [-0.25, -0.2) is 9.59 Å². The predicted molar refractivity (Wildman–Crippen MR) is 130 cm³/mol. The first kappa shape index (κ1) is 25.7. The molecule has 0 aliphatic carbocycles. The normalized spacial score (nSPS) is 12.3. The quantitative estimate of drug-likeness (QED) is 0.175. The van der Waals surface area contributed by atoms with Crippen molar-refractivity contribution >= 4 is 29.5 Å². The lowest BCUT2D eigenvalue weighted by Crippen LogP contribution is -2.47. The third kappa shape index (κ3) is 8.43. The number of non-ortho nitro benzene ring substituents is 1. The minimum Gasteiger partial charge on any atom is -0.459 e. The Morgan fingerprint density at radius 3 is 2.20 bits per heavy atom. The van der Waals surface area contributed by atoms with Crippen LogP contribution in [-0.2, 0) is 16.1 Å². The Kier molecular flexibility index (Phi) is 9.64. The molecular formula is C25H24N2O7S. The number of nitrogens with one attached hydrogen (secondary N) is 1. The van der Waals surface area contributed by atoms with Crippen molar-refractivity contribution in [2.45, 2.75) is 23.6 Å². The molecule has 0 radical (unpaired) electrons. The molecule has 2 atom stereocenters. The maximum Gasteiger partial charge on any atom is 0.407 e. The van der Waals surface area contributed by atoms with Crippen LogP contribution in [0.5, 0.6) is 0 Å². The summed E-state index contributed by atoms with van der Waals surface area (Å²) in [6.07, 6.45) is -1.94. The second kappa shape index (κ2) is 13.1. The summed E-state index contributed by atoms with van der Waals surface area (Å²) in [5.74, 6) is -0.458. The number of nitro benzene ring substituents is 1. The van der Waals surface area contributed by atoms with Crippen molar-refractivity contribution in [3.63, 3.8) is 0 Å². The van der Waals surface area contributed by atoms with Crippen LogP contribution in [0.4, 0.5) is 10.5 Å². The monoisotopic (exact) mass is 496 g/mol. The average Bonchev–Trinajstić information content (AvgIpc) is 2.89. The maximum absolute atomic E-state index is 12.4. The molecule has 0 saturated carbocycles. The molecule has 3 aromatic carbocycles. The molecule has 0 bridgehead atoms. The summed E-state index contributed by atoms with van der Waals surface area (Å²) in [7, 11) is 0. The van der Waals surface area contributed by atoms with Gasteiger partial charge in [0.15, 0.2) is 0 Å². The van der Waals surface area contributed by atoms with Crippen molar-refractivity contribution in [1.82, 2.24) is 5.32 Å². The minimum atomic E-state index is -1.22. The molecule has 0 spiro atoms. The molecule has 3 rings (SSSR count). The van der Waals surface area contributed by atoms with Gasteiger partial charge in [0.2, 0.25) is 0 Å². The summed E-state index contributed by atoms with van der Waals surface area (Å²) in [5, 5.41) is 24.1. The Labute approximate surface area is 206 Å². The van der Waals surface area contributed by atoms with Gasteiger partial charge in [-0.05, 0) is 29.8 Å². The lowest BCUT2D eigenvalue weighted by molar-refractivity contribution is -0.384. The van der Waals surface area contributed by atoms with E-state index in [-0.39, 0.29) is 17.9 Å². The highest BCUT2D eigenvalue weighted by Gasteiger charge is 2.24. The van der Waals surface area contributed by atoms with Gasteiger partial charge < -0.3 is 19.9 Å². The highest BCUT2D eigenvalue weighted by molar-refractivity contribution is 7.99. The van der Waals surface area contributed by atoms with Gasteiger partial charge in [0.1, 0.15) is 19.3 Å². The Hall–Kier alpha value is -3.89. The third-order valence-corrected chi connectivity index (χ3v) is 5.98. The topological polar surface area (TPSA) is 128 Å². The van der Waals surface area contributed by atoms with E-state index in [1.54, 1.807) is 0 Å². The van der Waals surface area contributed by atoms with E-state index in [4.69, 9.17) is 9.47 Å². The first-order chi connectivity index (χ1) is 16.9. The number of thioether (sulfide) groups is 1. The van der Waals surface area contributed by atoms with Crippen molar-refractivity contribution in [1.29, 1.82) is 0 Å². The third-order valence-electron chi connectivity index (χ3n) is 4.85. The summed E-state index contributed by atoms with van der Waals surface area (Å²) in [6, 6.07) is 22.7. The molecule has 1 amide bonds. The SMILES string of the molecule is O=C(N[C@@H](CSc1ccccc1)[C@@H](O)COC(=O)c1ccc([N+](=O)[O-])cc1)OCc1ccccc1. The van der Waals surface area contributed by atoms with Gasteiger partial charge in [0.05, 0.1) is 16.5 Å². The number of nitro groups is 1. The average molecular weight is 497 g/mol. The van der Waals surface area contributed by atoms with Crippen LogP contribution < -0.4 is 5.32 Å². The van der Waals surface area contributed by atoms with Crippen molar-refractivity contribution in [3.8, 4) is 0 Å². The van der Waals surface area contributed by atoms with E-state index >= 15 is 0 Å². The standard InChI is InChI=1S/C25H24N2O7S/c28-23(16-33-24(29)19-11-13-20(14-12-19)27(31)32)22(17-35-21-9-5-2-6-10-21)26-25(30)34-15-18-7-3-1-4-8-18/h1-14,22-23,28H,15-17H2,(H,26,30)/t22-,23-/m0/s1. The van der Waals surface area contributed by atoms with E-state index < -0.39 is 35.7 Å². The van der Waals surface area contributed by atoms with Crippen molar-refractivity contribution in [3.05, 3.63) is 106 Å². The van der Waals surface area contributed by atoms with Crippen molar-refractivity contribution in [2.75, 3.05) is 12.4 Å². The molecule has 9 nitrogen and oxygen atoms in total. The fourth-order valence-corrected chi connectivity index (χ4v) is 3.97. The minimum absolute atomic E-state index is 0.0659. The number of aliphatic hydroxyl groups is 1. The Balaban J connectivity index is 1.58. The first-order valence-corrected chi connectivity index (χ1v) is 11.7. The second-order valence-electron chi connectivity index (χ2n) is 7.41. The molecule has 0 heterocycles. The number of carbonyl (C=O) groups excluding carboxylic acids is 2. The molecule has 3 aromatic rings. The number of hydrogen-bond acceptors (Lipinski definition) is 8. The van der Waals surface area contributed by atoms with Crippen LogP contribution >= 0.6 is 11.8 Å². The molecule has 10 heteroatoms. The van der Waals surface area contributed by atoms with Crippen LogP contribution in [0, 0.1) is 10.1 Å². The van der Waals surface area contributed by atoms with E-state index in [0.29, 0.717) is 5.75 Å². The summed E-state index contributed by atoms with van der Waals surface area (Å²) in [4.78, 5) is 35.8. The van der Waals surface area contributed by atoms with E-state index in [2.05, 4.69) is 5.32 Å². The van der Waals surface area contributed by atoms with Gasteiger partial charge in [-0.15, -0.1) is 11.8 Å². The second-order valence-corrected chi connectivity index (χ2v) is 8.50. The van der Waals surface area contributed by atoms with Crippen LogP contribution in [0.15, 0.2) is 89.8 Å². The maximum atomic E-state index is 12.4. The largest absolute Gasteiger partial charge is 0.459 e. The first-order valence-electron chi connectivity index (χ1n) is 10.7. The lowest BCUT2D eigenvalue weighted by Gasteiger charge is -2.23. The number of carbonyl (C=O) groups is 2. The molecule has 182 valence electrons. The number of esters is 1. The zero-order chi connectivity index (χ0) is 25.0. The molecule has 0 aromatic heterocycles. The predicted octanol–water partition coefficient (Wildman–Crippen LogP) is 4.20.